The number of benzene rings is 2. The van der Waals surface area contributed by atoms with Crippen molar-refractivity contribution in [1.82, 2.24) is 10.9 Å². The van der Waals surface area contributed by atoms with Crippen LogP contribution in [0, 0.1) is 6.92 Å². The summed E-state index contributed by atoms with van der Waals surface area (Å²) >= 11 is 0. The predicted molar refractivity (Wildman–Crippen MR) is 107 cm³/mol. The Morgan fingerprint density at radius 1 is 1.00 bits per heavy atom. The fourth-order valence-corrected chi connectivity index (χ4v) is 2.56. The Morgan fingerprint density at radius 3 is 2.19 bits per heavy atom. The van der Waals surface area contributed by atoms with Gasteiger partial charge in [-0.1, -0.05) is 58.0 Å². The second-order valence-corrected chi connectivity index (χ2v) is 7.55. The van der Waals surface area contributed by atoms with Crippen LogP contribution in [-0.4, -0.2) is 17.9 Å². The lowest BCUT2D eigenvalue weighted by atomic mass is 9.87. The molecule has 2 N–H and O–H groups in total. The summed E-state index contributed by atoms with van der Waals surface area (Å²) in [5.74, 6) is -0.0986. The highest BCUT2D eigenvalue weighted by atomic mass is 16.5. The zero-order valence-corrected chi connectivity index (χ0v) is 16.6. The molecule has 144 valence electrons. The van der Waals surface area contributed by atoms with Gasteiger partial charge in [-0.25, -0.2) is 0 Å². The van der Waals surface area contributed by atoms with Gasteiger partial charge in [-0.15, -0.1) is 0 Å². The number of hydrogen-bond donors (Lipinski definition) is 2. The van der Waals surface area contributed by atoms with Gasteiger partial charge in [0.1, 0.15) is 5.75 Å². The van der Waals surface area contributed by atoms with Crippen molar-refractivity contribution in [3.8, 4) is 5.75 Å². The summed E-state index contributed by atoms with van der Waals surface area (Å²) in [6.45, 7) is 10.1. The van der Waals surface area contributed by atoms with Gasteiger partial charge in [0.2, 0.25) is 0 Å². The average molecular weight is 368 g/mol. The molecule has 0 bridgehead atoms. The topological polar surface area (TPSA) is 67.4 Å². The van der Waals surface area contributed by atoms with Gasteiger partial charge in [-0.2, -0.15) is 0 Å². The van der Waals surface area contributed by atoms with Crippen molar-refractivity contribution in [1.29, 1.82) is 0 Å². The fraction of sp³-hybridized carbons (Fsp3) is 0.364. The number of rotatable bonds is 5. The molecule has 0 aromatic heterocycles. The maximum absolute atomic E-state index is 12.4. The monoisotopic (exact) mass is 368 g/mol. The van der Waals surface area contributed by atoms with Crippen LogP contribution in [0.4, 0.5) is 0 Å². The van der Waals surface area contributed by atoms with Crippen molar-refractivity contribution in [3.63, 3.8) is 0 Å². The van der Waals surface area contributed by atoms with Gasteiger partial charge in [0.05, 0.1) is 0 Å². The Morgan fingerprint density at radius 2 is 1.63 bits per heavy atom. The number of hydrogen-bond acceptors (Lipinski definition) is 3. The molecule has 0 aliphatic carbocycles. The first-order valence-corrected chi connectivity index (χ1v) is 9.15. The molecule has 1 unspecified atom stereocenters. The zero-order valence-electron chi connectivity index (χ0n) is 16.6. The molecule has 2 aromatic rings. The summed E-state index contributed by atoms with van der Waals surface area (Å²) < 4.78 is 5.78. The number of para-hydroxylation sites is 1. The number of ether oxygens (including phenoxy) is 1. The first-order valence-electron chi connectivity index (χ1n) is 9.15. The highest BCUT2D eigenvalue weighted by molar-refractivity contribution is 5.95. The lowest BCUT2D eigenvalue weighted by Gasteiger charge is -2.20. The van der Waals surface area contributed by atoms with E-state index in [-0.39, 0.29) is 17.2 Å². The van der Waals surface area contributed by atoms with Crippen molar-refractivity contribution in [3.05, 3.63) is 65.2 Å². The molecular formula is C22H28N2O3. The van der Waals surface area contributed by atoms with Crippen molar-refractivity contribution in [2.75, 3.05) is 0 Å². The number of nitrogens with one attached hydrogen (secondary N) is 2. The fourth-order valence-electron chi connectivity index (χ4n) is 2.56. The second-order valence-electron chi connectivity index (χ2n) is 7.55. The number of carbonyl (C=O) groups is 2. The summed E-state index contributed by atoms with van der Waals surface area (Å²) in [4.78, 5) is 24.6. The van der Waals surface area contributed by atoms with Gasteiger partial charge in [0, 0.05) is 5.56 Å². The predicted octanol–water partition coefficient (Wildman–Crippen LogP) is 3.91. The third kappa shape index (κ3) is 5.58. The van der Waals surface area contributed by atoms with Crippen molar-refractivity contribution in [2.24, 2.45) is 0 Å². The molecule has 0 spiro atoms. The molecule has 2 rings (SSSR count). The van der Waals surface area contributed by atoms with Crippen LogP contribution in [0.2, 0.25) is 0 Å². The Bertz CT molecular complexity index is 792. The van der Waals surface area contributed by atoms with Crippen LogP contribution < -0.4 is 15.6 Å². The molecule has 0 aliphatic rings. The summed E-state index contributed by atoms with van der Waals surface area (Å²) in [5.41, 5.74) is 7.50. The van der Waals surface area contributed by atoms with E-state index in [9.17, 15) is 9.59 Å². The third-order valence-corrected chi connectivity index (χ3v) is 4.34. The smallest absolute Gasteiger partial charge is 0.279 e. The quantitative estimate of drug-likeness (QED) is 0.786. The van der Waals surface area contributed by atoms with E-state index in [1.807, 2.05) is 50.2 Å². The molecule has 2 aromatic carbocycles. The third-order valence-electron chi connectivity index (χ3n) is 4.34. The first kappa shape index (κ1) is 20.5. The Balaban J connectivity index is 1.95. The molecule has 5 nitrogen and oxygen atoms in total. The molecule has 27 heavy (non-hydrogen) atoms. The van der Waals surface area contributed by atoms with E-state index in [0.29, 0.717) is 17.7 Å². The van der Waals surface area contributed by atoms with Crippen LogP contribution in [0.25, 0.3) is 0 Å². The maximum Gasteiger partial charge on any atom is 0.279 e. The van der Waals surface area contributed by atoms with E-state index >= 15 is 0 Å². The summed E-state index contributed by atoms with van der Waals surface area (Å²) in [6, 6.07) is 14.9. The van der Waals surface area contributed by atoms with Gasteiger partial charge < -0.3 is 4.74 Å². The van der Waals surface area contributed by atoms with Crippen molar-refractivity contribution < 1.29 is 14.3 Å². The molecule has 2 amide bonds. The SMILES string of the molecule is CCC(Oc1ccccc1C)C(=O)NNC(=O)c1ccc(C(C)(C)C)cc1. The van der Waals surface area contributed by atoms with Gasteiger partial charge in [0.15, 0.2) is 6.10 Å². The first-order chi connectivity index (χ1) is 12.7. The summed E-state index contributed by atoms with van der Waals surface area (Å²) in [7, 11) is 0. The van der Waals surface area contributed by atoms with Crippen molar-refractivity contribution in [2.45, 2.75) is 52.6 Å². The Labute approximate surface area is 161 Å². The molecule has 0 saturated carbocycles. The van der Waals surface area contributed by atoms with E-state index in [0.717, 1.165) is 11.1 Å². The molecule has 0 fully saturated rings. The Hall–Kier alpha value is -2.82. The molecule has 0 heterocycles. The molecule has 0 aliphatic heterocycles. The normalized spacial score (nSPS) is 12.2. The van der Waals surface area contributed by atoms with Gasteiger partial charge in [0.25, 0.3) is 11.8 Å². The van der Waals surface area contributed by atoms with Crippen molar-refractivity contribution >= 4 is 11.8 Å². The summed E-state index contributed by atoms with van der Waals surface area (Å²) in [5, 5.41) is 0. The van der Waals surface area contributed by atoms with Gasteiger partial charge in [-0.3, -0.25) is 20.4 Å². The van der Waals surface area contributed by atoms with Crippen LogP contribution in [-0.2, 0) is 10.2 Å². The number of aryl methyl sites for hydroxylation is 1. The van der Waals surface area contributed by atoms with Crippen LogP contribution in [0.3, 0.4) is 0 Å². The van der Waals surface area contributed by atoms with E-state index in [4.69, 9.17) is 4.74 Å². The molecular weight excluding hydrogens is 340 g/mol. The van der Waals surface area contributed by atoms with E-state index in [1.165, 1.54) is 0 Å². The second kappa shape index (κ2) is 8.71. The average Bonchev–Trinajstić information content (AvgIpc) is 2.64. The van der Waals surface area contributed by atoms with Crippen LogP contribution in [0.5, 0.6) is 5.75 Å². The lowest BCUT2D eigenvalue weighted by molar-refractivity contribution is -0.128. The van der Waals surface area contributed by atoms with Crippen LogP contribution in [0.1, 0.15) is 55.6 Å². The van der Waals surface area contributed by atoms with E-state index in [1.54, 1.807) is 12.1 Å². The lowest BCUT2D eigenvalue weighted by Crippen LogP contribution is -2.48. The minimum absolute atomic E-state index is 0.0183. The molecule has 5 heteroatoms. The van der Waals surface area contributed by atoms with Crippen LogP contribution >= 0.6 is 0 Å². The zero-order chi connectivity index (χ0) is 20.0. The maximum atomic E-state index is 12.4. The highest BCUT2D eigenvalue weighted by Gasteiger charge is 2.20. The Kier molecular flexibility index (Phi) is 6.61. The number of amides is 2. The highest BCUT2D eigenvalue weighted by Crippen LogP contribution is 2.22. The standard InChI is InChI=1S/C22H28N2O3/c1-6-18(27-19-10-8-7-9-15(19)2)21(26)24-23-20(25)16-11-13-17(14-12-16)22(3,4)5/h7-14,18H,6H2,1-5H3,(H,23,25)(H,24,26). The minimum atomic E-state index is -0.685. The largest absolute Gasteiger partial charge is 0.480 e. The van der Waals surface area contributed by atoms with Gasteiger partial charge in [-0.05, 0) is 48.1 Å². The molecule has 1 atom stereocenters. The summed E-state index contributed by atoms with van der Waals surface area (Å²) in [6.07, 6.45) is -0.203. The number of hydrazine groups is 1. The minimum Gasteiger partial charge on any atom is -0.480 e. The van der Waals surface area contributed by atoms with E-state index in [2.05, 4.69) is 31.6 Å². The van der Waals surface area contributed by atoms with Gasteiger partial charge >= 0.3 is 0 Å². The van der Waals surface area contributed by atoms with E-state index < -0.39 is 6.10 Å². The molecule has 0 saturated heterocycles. The number of carbonyl (C=O) groups excluding carboxylic acids is 2. The molecule has 0 radical (unpaired) electrons. The van der Waals surface area contributed by atoms with Crippen LogP contribution in [0.15, 0.2) is 48.5 Å².